The zero-order valence-electron chi connectivity index (χ0n) is 19.2. The summed E-state index contributed by atoms with van der Waals surface area (Å²) in [5.41, 5.74) is 0.870. The maximum atomic E-state index is 13.5. The largest absolute Gasteiger partial charge is 0.354 e. The summed E-state index contributed by atoms with van der Waals surface area (Å²) in [6, 6.07) is 11.1. The predicted octanol–water partition coefficient (Wildman–Crippen LogP) is 4.86. The summed E-state index contributed by atoms with van der Waals surface area (Å²) in [5, 5.41) is 3.02. The van der Waals surface area contributed by atoms with Crippen LogP contribution < -0.4 is 9.62 Å². The number of sulfonamides is 1. The molecule has 0 aliphatic carbocycles. The van der Waals surface area contributed by atoms with E-state index in [4.69, 9.17) is 23.2 Å². The van der Waals surface area contributed by atoms with Gasteiger partial charge in [0.1, 0.15) is 12.6 Å². The second-order valence-corrected chi connectivity index (χ2v) is 11.4. The topological polar surface area (TPSA) is 86.8 Å². The van der Waals surface area contributed by atoms with Crippen molar-refractivity contribution in [2.75, 3.05) is 23.7 Å². The standard InChI is InChI=1S/C23H28BrCl2N3O4S/c1-4-5-12-27-23(31)16(2)28(14-17-8-6-9-18(24)13-17)21(30)15-29(34(3,32)33)20-11-7-10-19(25)22(20)26/h6-11,13,16H,4-5,12,14-15H2,1-3H3,(H,27,31)/t16-/m1/s1. The van der Waals surface area contributed by atoms with E-state index in [9.17, 15) is 18.0 Å². The molecule has 11 heteroatoms. The van der Waals surface area contributed by atoms with Crippen molar-refractivity contribution in [2.45, 2.75) is 39.3 Å². The number of unbranched alkanes of at least 4 members (excludes halogenated alkanes) is 1. The molecule has 0 saturated heterocycles. The number of hydrogen-bond acceptors (Lipinski definition) is 4. The Bertz CT molecular complexity index is 1130. The van der Waals surface area contributed by atoms with Gasteiger partial charge in [-0.2, -0.15) is 0 Å². The van der Waals surface area contributed by atoms with Gasteiger partial charge in [-0.05, 0) is 43.2 Å². The maximum absolute atomic E-state index is 13.5. The molecule has 1 atom stereocenters. The van der Waals surface area contributed by atoms with Crippen LogP contribution in [0.15, 0.2) is 46.9 Å². The minimum atomic E-state index is -3.89. The van der Waals surface area contributed by atoms with Crippen LogP contribution in [0.1, 0.15) is 32.3 Å². The Kier molecular flexibility index (Phi) is 10.7. The molecule has 2 rings (SSSR count). The highest BCUT2D eigenvalue weighted by Gasteiger charge is 2.31. The molecule has 0 bridgehead atoms. The van der Waals surface area contributed by atoms with Gasteiger partial charge in [-0.25, -0.2) is 8.42 Å². The number of carbonyl (C=O) groups excluding carboxylic acids is 2. The monoisotopic (exact) mass is 591 g/mol. The Hall–Kier alpha value is -1.81. The quantitative estimate of drug-likeness (QED) is 0.378. The van der Waals surface area contributed by atoms with Crippen LogP contribution in [0.25, 0.3) is 0 Å². The lowest BCUT2D eigenvalue weighted by Crippen LogP contribution is -2.51. The van der Waals surface area contributed by atoms with Crippen molar-refractivity contribution < 1.29 is 18.0 Å². The predicted molar refractivity (Wildman–Crippen MR) is 141 cm³/mol. The fourth-order valence-corrected chi connectivity index (χ4v) is 4.98. The number of benzene rings is 2. The van der Waals surface area contributed by atoms with E-state index in [1.807, 2.05) is 31.2 Å². The van der Waals surface area contributed by atoms with E-state index in [2.05, 4.69) is 21.2 Å². The Morgan fingerprint density at radius 3 is 2.44 bits per heavy atom. The number of amides is 2. The van der Waals surface area contributed by atoms with Gasteiger partial charge in [0.2, 0.25) is 21.8 Å². The highest BCUT2D eigenvalue weighted by molar-refractivity contribution is 9.10. The summed E-state index contributed by atoms with van der Waals surface area (Å²) in [5.74, 6) is -0.872. The van der Waals surface area contributed by atoms with Crippen LogP contribution in [0.4, 0.5) is 5.69 Å². The summed E-state index contributed by atoms with van der Waals surface area (Å²) in [7, 11) is -3.89. The minimum absolute atomic E-state index is 0.0197. The number of halogens is 3. The van der Waals surface area contributed by atoms with Crippen molar-refractivity contribution in [1.29, 1.82) is 0 Å². The van der Waals surface area contributed by atoms with Gasteiger partial charge < -0.3 is 10.2 Å². The molecule has 0 heterocycles. The molecule has 0 unspecified atom stereocenters. The van der Waals surface area contributed by atoms with Crippen molar-refractivity contribution >= 4 is 66.7 Å². The minimum Gasteiger partial charge on any atom is -0.354 e. The molecule has 0 aromatic heterocycles. The van der Waals surface area contributed by atoms with Crippen molar-refractivity contribution in [1.82, 2.24) is 10.2 Å². The van der Waals surface area contributed by atoms with Crippen molar-refractivity contribution in [2.24, 2.45) is 0 Å². The van der Waals surface area contributed by atoms with E-state index in [0.29, 0.717) is 6.54 Å². The van der Waals surface area contributed by atoms with E-state index < -0.39 is 28.5 Å². The number of rotatable bonds is 11. The molecular weight excluding hydrogens is 565 g/mol. The highest BCUT2D eigenvalue weighted by atomic mass is 79.9. The molecule has 0 saturated carbocycles. The molecule has 34 heavy (non-hydrogen) atoms. The van der Waals surface area contributed by atoms with Gasteiger partial charge in [-0.15, -0.1) is 0 Å². The average molecular weight is 593 g/mol. The number of anilines is 1. The third kappa shape index (κ3) is 7.86. The summed E-state index contributed by atoms with van der Waals surface area (Å²) in [4.78, 5) is 27.6. The molecule has 0 fully saturated rings. The van der Waals surface area contributed by atoms with Crippen LogP contribution in [0.3, 0.4) is 0 Å². The summed E-state index contributed by atoms with van der Waals surface area (Å²) in [6.45, 7) is 3.70. The first-order valence-corrected chi connectivity index (χ1v) is 14.1. The Morgan fingerprint density at radius 2 is 1.82 bits per heavy atom. The zero-order chi connectivity index (χ0) is 25.5. The van der Waals surface area contributed by atoms with Crippen molar-refractivity contribution in [3.63, 3.8) is 0 Å². The number of nitrogens with zero attached hydrogens (tertiary/aromatic N) is 2. The summed E-state index contributed by atoms with van der Waals surface area (Å²) >= 11 is 15.7. The molecule has 186 valence electrons. The fraction of sp³-hybridized carbons (Fsp3) is 0.391. The normalized spacial score (nSPS) is 12.2. The molecule has 0 aliphatic rings. The van der Waals surface area contributed by atoms with Crippen LogP contribution in [-0.4, -0.2) is 50.5 Å². The van der Waals surface area contributed by atoms with E-state index in [1.54, 1.807) is 13.0 Å². The van der Waals surface area contributed by atoms with Gasteiger partial charge in [-0.1, -0.05) is 70.7 Å². The second-order valence-electron chi connectivity index (χ2n) is 7.81. The van der Waals surface area contributed by atoms with E-state index in [0.717, 1.165) is 33.4 Å². The van der Waals surface area contributed by atoms with Crippen molar-refractivity contribution in [3.05, 3.63) is 62.5 Å². The molecule has 0 spiro atoms. The smallest absolute Gasteiger partial charge is 0.244 e. The van der Waals surface area contributed by atoms with Gasteiger partial charge in [0.25, 0.3) is 0 Å². The lowest BCUT2D eigenvalue weighted by Gasteiger charge is -2.31. The lowest BCUT2D eigenvalue weighted by molar-refractivity contribution is -0.139. The van der Waals surface area contributed by atoms with Crippen molar-refractivity contribution in [3.8, 4) is 0 Å². The second kappa shape index (κ2) is 12.8. The summed E-state index contributed by atoms with van der Waals surface area (Å²) < 4.78 is 26.9. The first-order valence-electron chi connectivity index (χ1n) is 10.7. The van der Waals surface area contributed by atoms with E-state index >= 15 is 0 Å². The number of carbonyl (C=O) groups is 2. The molecule has 0 radical (unpaired) electrons. The van der Waals surface area contributed by atoms with Gasteiger partial charge in [-0.3, -0.25) is 13.9 Å². The van der Waals surface area contributed by atoms with Gasteiger partial charge in [0.05, 0.1) is 22.0 Å². The molecule has 2 aromatic rings. The molecule has 2 aromatic carbocycles. The molecule has 0 aliphatic heterocycles. The third-order valence-corrected chi connectivity index (χ3v) is 7.55. The Morgan fingerprint density at radius 1 is 1.15 bits per heavy atom. The number of hydrogen-bond donors (Lipinski definition) is 1. The molecule has 2 amide bonds. The van der Waals surface area contributed by atoms with Crippen LogP contribution >= 0.6 is 39.1 Å². The lowest BCUT2D eigenvalue weighted by atomic mass is 10.1. The van der Waals surface area contributed by atoms with Gasteiger partial charge in [0.15, 0.2) is 0 Å². The van der Waals surface area contributed by atoms with Gasteiger partial charge in [0, 0.05) is 17.6 Å². The summed E-state index contributed by atoms with van der Waals surface area (Å²) in [6.07, 6.45) is 2.71. The number of nitrogens with one attached hydrogen (secondary N) is 1. The van der Waals surface area contributed by atoms with Crippen LogP contribution in [0, 0.1) is 0 Å². The molecule has 7 nitrogen and oxygen atoms in total. The van der Waals surface area contributed by atoms with E-state index in [1.165, 1.54) is 17.0 Å². The van der Waals surface area contributed by atoms with Gasteiger partial charge >= 0.3 is 0 Å². The SMILES string of the molecule is CCCCNC(=O)[C@@H](C)N(Cc1cccc(Br)c1)C(=O)CN(c1cccc(Cl)c1Cl)S(C)(=O)=O. The molecular formula is C23H28BrCl2N3O4S. The Balaban J connectivity index is 2.39. The zero-order valence-corrected chi connectivity index (χ0v) is 23.1. The fourth-order valence-electron chi connectivity index (χ4n) is 3.23. The first-order chi connectivity index (χ1) is 16.0. The van der Waals surface area contributed by atoms with Crippen LogP contribution in [0.5, 0.6) is 0 Å². The molecule has 1 N–H and O–H groups in total. The highest BCUT2D eigenvalue weighted by Crippen LogP contribution is 2.33. The first kappa shape index (κ1) is 28.4. The van der Waals surface area contributed by atoms with Crippen LogP contribution in [0.2, 0.25) is 10.0 Å². The maximum Gasteiger partial charge on any atom is 0.244 e. The third-order valence-electron chi connectivity index (χ3n) is 5.12. The Labute approximate surface area is 219 Å². The van der Waals surface area contributed by atoms with Crippen LogP contribution in [-0.2, 0) is 26.2 Å². The van der Waals surface area contributed by atoms with E-state index in [-0.39, 0.29) is 28.2 Å². The average Bonchev–Trinajstić information content (AvgIpc) is 2.76.